The maximum Gasteiger partial charge on any atom is 0.148 e. The molecule has 0 aromatic heterocycles. The van der Waals surface area contributed by atoms with Crippen LogP contribution in [0.2, 0.25) is 0 Å². The molecule has 0 unspecified atom stereocenters. The van der Waals surface area contributed by atoms with Gasteiger partial charge in [0.2, 0.25) is 0 Å². The Bertz CT molecular complexity index is 751. The van der Waals surface area contributed by atoms with Crippen molar-refractivity contribution < 1.29 is 9.59 Å². The van der Waals surface area contributed by atoms with Crippen molar-refractivity contribution in [2.45, 2.75) is 52.4 Å². The number of carbonyl (C=O) groups excluding carboxylic acids is 2. The van der Waals surface area contributed by atoms with Gasteiger partial charge in [0.1, 0.15) is 17.5 Å². The summed E-state index contributed by atoms with van der Waals surface area (Å²) in [4.78, 5) is 26.2. The molecule has 1 saturated carbocycles. The van der Waals surface area contributed by atoms with Crippen LogP contribution in [0.5, 0.6) is 0 Å². The predicted octanol–water partition coefficient (Wildman–Crippen LogP) is 4.05. The van der Waals surface area contributed by atoms with Gasteiger partial charge in [0, 0.05) is 31.5 Å². The summed E-state index contributed by atoms with van der Waals surface area (Å²) < 4.78 is 2.33. The van der Waals surface area contributed by atoms with Crippen molar-refractivity contribution in [2.75, 3.05) is 19.3 Å². The van der Waals surface area contributed by atoms with Crippen molar-refractivity contribution >= 4 is 23.5 Å². The van der Waals surface area contributed by atoms with E-state index in [2.05, 4.69) is 22.4 Å². The quantitative estimate of drug-likeness (QED) is 0.448. The number of rotatable bonds is 2. The number of hydrogen-bond acceptors (Lipinski definition) is 4. The minimum absolute atomic E-state index is 0.105. The van der Waals surface area contributed by atoms with Crippen LogP contribution in [-0.2, 0) is 9.59 Å². The maximum absolute atomic E-state index is 13.1. The predicted molar refractivity (Wildman–Crippen MR) is 107 cm³/mol. The molecule has 138 valence electrons. The lowest BCUT2D eigenvalue weighted by atomic mass is 9.63. The molecule has 2 fully saturated rings. The highest BCUT2D eigenvalue weighted by Gasteiger charge is 2.47. The number of ketones is 2. The number of piperidine rings is 1. The molecule has 0 atom stereocenters. The first kappa shape index (κ1) is 19.2. The summed E-state index contributed by atoms with van der Waals surface area (Å²) in [6.07, 6.45) is 5.06. The van der Waals surface area contributed by atoms with Crippen molar-refractivity contribution in [2.24, 2.45) is 5.41 Å². The average Bonchev–Trinajstić information content (AvgIpc) is 2.58. The van der Waals surface area contributed by atoms with Gasteiger partial charge < -0.3 is 0 Å². The van der Waals surface area contributed by atoms with Crippen molar-refractivity contribution in [3.05, 3.63) is 34.4 Å². The lowest BCUT2D eigenvalue weighted by molar-refractivity contribution is -0.137. The number of aryl methyl sites for hydroxylation is 2. The van der Waals surface area contributed by atoms with Gasteiger partial charge in [-0.1, -0.05) is 17.9 Å². The van der Waals surface area contributed by atoms with Crippen LogP contribution in [0.3, 0.4) is 0 Å². The van der Waals surface area contributed by atoms with E-state index in [9.17, 15) is 9.59 Å². The largest absolute Gasteiger partial charge is 0.299 e. The molecule has 1 spiro atoms. The highest BCUT2D eigenvalue weighted by atomic mass is 32.2. The van der Waals surface area contributed by atoms with Gasteiger partial charge in [0.25, 0.3) is 0 Å². The third-order valence-electron chi connectivity index (χ3n) is 5.94. The zero-order valence-corrected chi connectivity index (χ0v) is 17.0. The maximum atomic E-state index is 13.1. The van der Waals surface area contributed by atoms with Crippen molar-refractivity contribution in [1.29, 1.82) is 0 Å². The van der Waals surface area contributed by atoms with E-state index in [0.717, 1.165) is 48.2 Å². The molecule has 26 heavy (non-hydrogen) atoms. The lowest BCUT2D eigenvalue weighted by Gasteiger charge is -2.44. The number of Topliss-reactive ketones (excluding diaryl/α,β-unsaturated/α-hetero) is 2. The van der Waals surface area contributed by atoms with Crippen molar-refractivity contribution in [3.63, 3.8) is 0 Å². The first-order chi connectivity index (χ1) is 12.4. The summed E-state index contributed by atoms with van der Waals surface area (Å²) in [6, 6.07) is 4.00. The summed E-state index contributed by atoms with van der Waals surface area (Å²) in [6.45, 7) is 7.73. The zero-order valence-electron chi connectivity index (χ0n) is 16.1. The smallest absolute Gasteiger partial charge is 0.148 e. The van der Waals surface area contributed by atoms with Gasteiger partial charge >= 0.3 is 0 Å². The summed E-state index contributed by atoms with van der Waals surface area (Å²) in [5, 5.41) is 0. The molecule has 3 rings (SSSR count). The van der Waals surface area contributed by atoms with Gasteiger partial charge in [-0.2, -0.15) is 0 Å². The van der Waals surface area contributed by atoms with Gasteiger partial charge in [0.05, 0.1) is 0 Å². The molecule has 0 N–H and O–H groups in total. The van der Waals surface area contributed by atoms with Crippen LogP contribution >= 0.6 is 11.9 Å². The molecule has 4 heteroatoms. The lowest BCUT2D eigenvalue weighted by Crippen LogP contribution is -2.45. The van der Waals surface area contributed by atoms with Crippen LogP contribution in [0.4, 0.5) is 0 Å². The Morgan fingerprint density at radius 1 is 1.08 bits per heavy atom. The van der Waals surface area contributed by atoms with Gasteiger partial charge in [-0.25, -0.2) is 0 Å². The normalized spacial score (nSPS) is 20.9. The molecule has 3 nitrogen and oxygen atoms in total. The zero-order chi connectivity index (χ0) is 18.9. The molecule has 1 aliphatic carbocycles. The molecule has 0 bridgehead atoms. The van der Waals surface area contributed by atoms with Crippen LogP contribution in [0.15, 0.2) is 12.1 Å². The number of benzene rings is 1. The second-order valence-electron chi connectivity index (χ2n) is 7.73. The second kappa shape index (κ2) is 7.58. The van der Waals surface area contributed by atoms with Gasteiger partial charge in [-0.15, -0.1) is 5.92 Å². The summed E-state index contributed by atoms with van der Waals surface area (Å²) in [7, 11) is 0. The number of nitrogens with zero attached hydrogens (tertiary/aromatic N) is 1. The summed E-state index contributed by atoms with van der Waals surface area (Å²) in [5.74, 6) is 5.62. The minimum Gasteiger partial charge on any atom is -0.299 e. The fourth-order valence-corrected chi connectivity index (χ4v) is 5.20. The van der Waals surface area contributed by atoms with Gasteiger partial charge in [-0.3, -0.25) is 13.9 Å². The molecule has 1 heterocycles. The van der Waals surface area contributed by atoms with Crippen LogP contribution in [-0.4, -0.2) is 35.2 Å². The summed E-state index contributed by atoms with van der Waals surface area (Å²) >= 11 is 1.75. The molecule has 1 aromatic rings. The third-order valence-corrected chi connectivity index (χ3v) is 6.82. The Hall–Kier alpha value is -1.57. The van der Waals surface area contributed by atoms with Crippen molar-refractivity contribution in [1.82, 2.24) is 4.31 Å². The summed E-state index contributed by atoms with van der Waals surface area (Å²) in [5.41, 5.74) is 3.76. The monoisotopic (exact) mass is 369 g/mol. The highest BCUT2D eigenvalue weighted by molar-refractivity contribution is 7.96. The van der Waals surface area contributed by atoms with Crippen LogP contribution in [0, 0.1) is 31.1 Å². The average molecular weight is 370 g/mol. The molecule has 2 aliphatic rings. The molecule has 1 aromatic carbocycles. The highest BCUT2D eigenvalue weighted by Crippen LogP contribution is 2.47. The Labute approximate surface area is 161 Å². The van der Waals surface area contributed by atoms with E-state index in [0.29, 0.717) is 12.8 Å². The molecular formula is C22H27NO2S. The first-order valence-electron chi connectivity index (χ1n) is 9.27. The Morgan fingerprint density at radius 2 is 1.62 bits per heavy atom. The van der Waals surface area contributed by atoms with E-state index in [1.165, 1.54) is 0 Å². The van der Waals surface area contributed by atoms with Crippen molar-refractivity contribution in [3.8, 4) is 11.8 Å². The van der Waals surface area contributed by atoms with E-state index < -0.39 is 5.92 Å². The van der Waals surface area contributed by atoms with Gasteiger partial charge in [0.15, 0.2) is 0 Å². The SMILES string of the molecule is CC#Cc1cc(C)c(C2C(=O)CC3(CCN(SC)CC3)CC2=O)c(C)c1. The van der Waals surface area contributed by atoms with E-state index in [1.54, 1.807) is 11.9 Å². The topological polar surface area (TPSA) is 37.4 Å². The standard InChI is InChI=1S/C22H27NO2S/c1-5-6-17-11-15(2)20(16(3)12-17)21-18(24)13-22(14-19(21)25)7-9-23(26-4)10-8-22/h11-12,21H,7-10,13-14H2,1-4H3. The van der Waals surface area contributed by atoms with E-state index in [1.807, 2.05) is 32.9 Å². The Kier molecular flexibility index (Phi) is 5.60. The molecule has 1 saturated heterocycles. The third kappa shape index (κ3) is 3.61. The van der Waals surface area contributed by atoms with Gasteiger partial charge in [-0.05, 0) is 74.1 Å². The fourth-order valence-electron chi connectivity index (χ4n) is 4.65. The minimum atomic E-state index is -0.581. The molecular weight excluding hydrogens is 342 g/mol. The Morgan fingerprint density at radius 3 is 2.08 bits per heavy atom. The fraction of sp³-hybridized carbons (Fsp3) is 0.545. The molecule has 0 radical (unpaired) electrons. The van der Waals surface area contributed by atoms with E-state index in [4.69, 9.17) is 0 Å². The van der Waals surface area contributed by atoms with E-state index in [-0.39, 0.29) is 17.0 Å². The number of hydrogen-bond donors (Lipinski definition) is 0. The van der Waals surface area contributed by atoms with Crippen LogP contribution in [0.25, 0.3) is 0 Å². The number of carbonyl (C=O) groups is 2. The van der Waals surface area contributed by atoms with E-state index >= 15 is 0 Å². The molecule has 1 aliphatic heterocycles. The van der Waals surface area contributed by atoms with Crippen LogP contribution in [0.1, 0.15) is 60.8 Å². The second-order valence-corrected chi connectivity index (χ2v) is 8.61. The first-order valence-corrected chi connectivity index (χ1v) is 10.5. The molecule has 0 amide bonds. The Balaban J connectivity index is 1.87. The van der Waals surface area contributed by atoms with Crippen LogP contribution < -0.4 is 0 Å².